The molecule has 7 heteroatoms. The molecule has 0 aliphatic carbocycles. The molecule has 0 radical (unpaired) electrons. The highest BCUT2D eigenvalue weighted by atomic mass is 32.1. The first-order valence-electron chi connectivity index (χ1n) is 6.01. The Hall–Kier alpha value is -1.50. The fourth-order valence-corrected chi connectivity index (χ4v) is 2.46. The minimum absolute atomic E-state index is 0.0513. The van der Waals surface area contributed by atoms with Crippen molar-refractivity contribution in [2.45, 2.75) is 38.8 Å². The summed E-state index contributed by atoms with van der Waals surface area (Å²) >= 11 is 1.28. The number of carbonyl (C=O) groups is 1. The third-order valence-electron chi connectivity index (χ3n) is 2.62. The van der Waals surface area contributed by atoms with Crippen molar-refractivity contribution in [1.29, 1.82) is 0 Å². The van der Waals surface area contributed by atoms with Gasteiger partial charge < -0.3 is 21.1 Å². The molecular weight excluding hydrogens is 252 g/mol. The van der Waals surface area contributed by atoms with Crippen molar-refractivity contribution >= 4 is 28.3 Å². The van der Waals surface area contributed by atoms with Gasteiger partial charge in [0.2, 0.25) is 5.91 Å². The van der Waals surface area contributed by atoms with Gasteiger partial charge in [-0.25, -0.2) is 0 Å². The van der Waals surface area contributed by atoms with Crippen LogP contribution in [0.1, 0.15) is 26.7 Å². The highest BCUT2D eigenvalue weighted by molar-refractivity contribution is 7.11. The van der Waals surface area contributed by atoms with Gasteiger partial charge in [-0.1, -0.05) is 0 Å². The number of nitrogen functional groups attached to an aromatic ring is 1. The topological polar surface area (TPSA) is 89.3 Å². The third-order valence-corrected chi connectivity index (χ3v) is 3.42. The van der Waals surface area contributed by atoms with E-state index in [0.29, 0.717) is 24.5 Å². The van der Waals surface area contributed by atoms with Gasteiger partial charge in [-0.2, -0.15) is 4.37 Å². The van der Waals surface area contributed by atoms with Gasteiger partial charge in [0.1, 0.15) is 0 Å². The maximum atomic E-state index is 11.1. The molecule has 1 fully saturated rings. The first kappa shape index (κ1) is 12.9. The zero-order valence-electron chi connectivity index (χ0n) is 10.5. The maximum absolute atomic E-state index is 11.1. The van der Waals surface area contributed by atoms with Crippen LogP contribution in [-0.2, 0) is 4.79 Å². The van der Waals surface area contributed by atoms with Gasteiger partial charge in [0, 0.05) is 19.0 Å². The minimum Gasteiger partial charge on any atom is -0.484 e. The molecule has 2 heterocycles. The second kappa shape index (κ2) is 5.43. The van der Waals surface area contributed by atoms with E-state index in [4.69, 9.17) is 10.5 Å². The Morgan fingerprint density at radius 1 is 1.67 bits per heavy atom. The first-order chi connectivity index (χ1) is 8.56. The van der Waals surface area contributed by atoms with Crippen molar-refractivity contribution in [3.63, 3.8) is 0 Å². The molecule has 0 saturated carbocycles. The Kier molecular flexibility index (Phi) is 3.90. The lowest BCUT2D eigenvalue weighted by atomic mass is 10.2. The molecule has 1 aliphatic heterocycles. The number of amides is 1. The molecule has 1 aliphatic rings. The number of nitrogens with two attached hydrogens (primary N) is 1. The predicted octanol–water partition coefficient (Wildman–Crippen LogP) is 1.20. The number of aromatic nitrogens is 1. The summed E-state index contributed by atoms with van der Waals surface area (Å²) in [5.74, 6) is 1.13. The second-order valence-corrected chi connectivity index (χ2v) is 5.35. The Morgan fingerprint density at radius 2 is 2.44 bits per heavy atom. The van der Waals surface area contributed by atoms with Crippen LogP contribution in [0.3, 0.4) is 0 Å². The summed E-state index contributed by atoms with van der Waals surface area (Å²) in [6, 6.07) is 0.174. The largest absolute Gasteiger partial charge is 0.484 e. The van der Waals surface area contributed by atoms with Crippen LogP contribution in [0.2, 0.25) is 0 Å². The summed E-state index contributed by atoms with van der Waals surface area (Å²) in [6.45, 7) is 4.55. The van der Waals surface area contributed by atoms with Crippen LogP contribution in [0, 0.1) is 0 Å². The van der Waals surface area contributed by atoms with Gasteiger partial charge in [0.15, 0.2) is 16.6 Å². The summed E-state index contributed by atoms with van der Waals surface area (Å²) in [5.41, 5.74) is 5.76. The number of rotatable bonds is 5. The lowest BCUT2D eigenvalue weighted by Crippen LogP contribution is -2.31. The summed E-state index contributed by atoms with van der Waals surface area (Å²) in [7, 11) is 0. The zero-order chi connectivity index (χ0) is 13.1. The normalized spacial score (nSPS) is 19.1. The number of ether oxygens (including phenoxy) is 1. The molecule has 4 N–H and O–H groups in total. The Morgan fingerprint density at radius 3 is 3.06 bits per heavy atom. The molecule has 0 spiro atoms. The molecule has 100 valence electrons. The molecule has 1 saturated heterocycles. The summed E-state index contributed by atoms with van der Waals surface area (Å²) < 4.78 is 9.70. The van der Waals surface area contributed by atoms with Gasteiger partial charge >= 0.3 is 0 Å². The third kappa shape index (κ3) is 3.04. The van der Waals surface area contributed by atoms with E-state index < -0.39 is 0 Å². The number of hydrogen-bond donors (Lipinski definition) is 3. The van der Waals surface area contributed by atoms with E-state index in [1.165, 1.54) is 11.5 Å². The SMILES string of the molecule is CC(C)Oc1c(N)nsc1NCC1CCC(=O)N1. The van der Waals surface area contributed by atoms with Crippen LogP contribution < -0.4 is 21.1 Å². The molecule has 1 aromatic rings. The number of nitrogens with zero attached hydrogens (tertiary/aromatic N) is 1. The van der Waals surface area contributed by atoms with Crippen LogP contribution in [0.4, 0.5) is 10.8 Å². The number of nitrogens with one attached hydrogen (secondary N) is 2. The van der Waals surface area contributed by atoms with E-state index in [0.717, 1.165) is 11.4 Å². The molecule has 1 amide bonds. The smallest absolute Gasteiger partial charge is 0.220 e. The monoisotopic (exact) mass is 270 g/mol. The van der Waals surface area contributed by atoms with Crippen molar-refractivity contribution in [1.82, 2.24) is 9.69 Å². The van der Waals surface area contributed by atoms with Gasteiger partial charge in [0.25, 0.3) is 0 Å². The molecular formula is C11H18N4O2S. The lowest BCUT2D eigenvalue weighted by molar-refractivity contribution is -0.119. The van der Waals surface area contributed by atoms with Crippen LogP contribution in [0.25, 0.3) is 0 Å². The van der Waals surface area contributed by atoms with Crippen molar-refractivity contribution in [2.75, 3.05) is 17.6 Å². The van der Waals surface area contributed by atoms with Crippen molar-refractivity contribution in [3.05, 3.63) is 0 Å². The number of hydrogen-bond acceptors (Lipinski definition) is 6. The molecule has 2 rings (SSSR count). The Bertz CT molecular complexity index is 433. The van der Waals surface area contributed by atoms with Gasteiger partial charge in [-0.15, -0.1) is 0 Å². The fourth-order valence-electron chi connectivity index (χ4n) is 1.80. The van der Waals surface area contributed by atoms with E-state index >= 15 is 0 Å². The van der Waals surface area contributed by atoms with E-state index in [1.807, 2.05) is 13.8 Å². The number of carbonyl (C=O) groups excluding carboxylic acids is 1. The van der Waals surface area contributed by atoms with Crippen LogP contribution in [0.15, 0.2) is 0 Å². The summed E-state index contributed by atoms with van der Waals surface area (Å²) in [5, 5.41) is 6.96. The highest BCUT2D eigenvalue weighted by Crippen LogP contribution is 2.35. The van der Waals surface area contributed by atoms with Crippen LogP contribution in [0.5, 0.6) is 5.75 Å². The van der Waals surface area contributed by atoms with Crippen molar-refractivity contribution in [2.24, 2.45) is 0 Å². The van der Waals surface area contributed by atoms with E-state index in [-0.39, 0.29) is 18.1 Å². The van der Waals surface area contributed by atoms with Crippen molar-refractivity contribution < 1.29 is 9.53 Å². The molecule has 6 nitrogen and oxygen atoms in total. The van der Waals surface area contributed by atoms with Crippen LogP contribution >= 0.6 is 11.5 Å². The molecule has 18 heavy (non-hydrogen) atoms. The lowest BCUT2D eigenvalue weighted by Gasteiger charge is -2.14. The predicted molar refractivity (Wildman–Crippen MR) is 71.9 cm³/mol. The average molecular weight is 270 g/mol. The van der Waals surface area contributed by atoms with Crippen LogP contribution in [-0.4, -0.2) is 29.0 Å². The van der Waals surface area contributed by atoms with Gasteiger partial charge in [-0.3, -0.25) is 4.79 Å². The van der Waals surface area contributed by atoms with E-state index in [9.17, 15) is 4.79 Å². The second-order valence-electron chi connectivity index (χ2n) is 4.58. The maximum Gasteiger partial charge on any atom is 0.220 e. The summed E-state index contributed by atoms with van der Waals surface area (Å²) in [6.07, 6.45) is 1.52. The standard InChI is InChI=1S/C11H18N4O2S/c1-6(2)17-9-10(12)15-18-11(9)13-5-7-3-4-8(16)14-7/h6-7,13H,3-5H2,1-2H3,(H2,12,15)(H,14,16). The Balaban J connectivity index is 1.94. The molecule has 1 atom stereocenters. The molecule has 0 bridgehead atoms. The quantitative estimate of drug-likeness (QED) is 0.748. The first-order valence-corrected chi connectivity index (χ1v) is 6.78. The Labute approximate surface area is 110 Å². The fraction of sp³-hybridized carbons (Fsp3) is 0.636. The zero-order valence-corrected chi connectivity index (χ0v) is 11.3. The van der Waals surface area contributed by atoms with Crippen molar-refractivity contribution in [3.8, 4) is 5.75 Å². The number of anilines is 2. The average Bonchev–Trinajstić information content (AvgIpc) is 2.85. The highest BCUT2D eigenvalue weighted by Gasteiger charge is 2.22. The molecule has 1 aromatic heterocycles. The van der Waals surface area contributed by atoms with Gasteiger partial charge in [-0.05, 0) is 31.8 Å². The van der Waals surface area contributed by atoms with E-state index in [2.05, 4.69) is 15.0 Å². The summed E-state index contributed by atoms with van der Waals surface area (Å²) in [4.78, 5) is 11.1. The molecule has 0 aromatic carbocycles. The van der Waals surface area contributed by atoms with E-state index in [1.54, 1.807) is 0 Å². The minimum atomic E-state index is 0.0513. The molecule has 1 unspecified atom stereocenters. The van der Waals surface area contributed by atoms with Gasteiger partial charge in [0.05, 0.1) is 6.10 Å².